The van der Waals surface area contributed by atoms with E-state index >= 15 is 0 Å². The number of ether oxygens (including phenoxy) is 1. The van der Waals surface area contributed by atoms with Crippen molar-refractivity contribution in [3.63, 3.8) is 0 Å². The molecule has 0 saturated heterocycles. The number of methoxy groups -OCH3 is 1. The summed E-state index contributed by atoms with van der Waals surface area (Å²) >= 11 is 6.19. The maximum atomic E-state index is 13.5. The predicted octanol–water partition coefficient (Wildman–Crippen LogP) is 3.39. The Labute approximate surface area is 126 Å². The zero-order valence-electron chi connectivity index (χ0n) is 11.5. The van der Waals surface area contributed by atoms with E-state index < -0.39 is 6.04 Å². The molecule has 1 aromatic heterocycles. The lowest BCUT2D eigenvalue weighted by molar-refractivity contribution is -0.145. The van der Waals surface area contributed by atoms with Gasteiger partial charge in [0.25, 0.3) is 0 Å². The molecule has 21 heavy (non-hydrogen) atoms. The minimum atomic E-state index is -0.461. The molecule has 0 bridgehead atoms. The summed E-state index contributed by atoms with van der Waals surface area (Å²) in [6.45, 7) is 0. The molecule has 3 rings (SSSR count). The SMILES string of the molecule is COC(=O)C1CCCc2c(Cl)nc(-c3cccc(F)c3)n21. The molecule has 4 nitrogen and oxygen atoms in total. The Balaban J connectivity index is 2.17. The summed E-state index contributed by atoms with van der Waals surface area (Å²) in [5.41, 5.74) is 1.40. The average molecular weight is 309 g/mol. The maximum absolute atomic E-state index is 13.5. The van der Waals surface area contributed by atoms with Crippen molar-refractivity contribution in [2.75, 3.05) is 7.11 Å². The summed E-state index contributed by atoms with van der Waals surface area (Å²) in [6.07, 6.45) is 2.25. The summed E-state index contributed by atoms with van der Waals surface area (Å²) in [4.78, 5) is 16.3. The number of halogens is 2. The number of nitrogens with zero attached hydrogens (tertiary/aromatic N) is 2. The van der Waals surface area contributed by atoms with Gasteiger partial charge in [0.05, 0.1) is 12.8 Å². The van der Waals surface area contributed by atoms with Crippen LogP contribution < -0.4 is 0 Å². The van der Waals surface area contributed by atoms with Crippen LogP contribution in [0.3, 0.4) is 0 Å². The second kappa shape index (κ2) is 5.48. The molecular formula is C15H14ClFN2O2. The van der Waals surface area contributed by atoms with Crippen molar-refractivity contribution in [1.29, 1.82) is 0 Å². The van der Waals surface area contributed by atoms with Crippen molar-refractivity contribution in [2.24, 2.45) is 0 Å². The van der Waals surface area contributed by atoms with Gasteiger partial charge in [0.2, 0.25) is 0 Å². The highest BCUT2D eigenvalue weighted by Crippen LogP contribution is 2.36. The third kappa shape index (κ3) is 2.42. The molecule has 1 unspecified atom stereocenters. The van der Waals surface area contributed by atoms with Crippen LogP contribution in [0.25, 0.3) is 11.4 Å². The first-order chi connectivity index (χ1) is 10.1. The molecule has 0 saturated carbocycles. The number of carbonyl (C=O) groups is 1. The Bertz CT molecular complexity index is 699. The second-order valence-corrected chi connectivity index (χ2v) is 5.34. The van der Waals surface area contributed by atoms with E-state index in [-0.39, 0.29) is 11.8 Å². The highest BCUT2D eigenvalue weighted by atomic mass is 35.5. The van der Waals surface area contributed by atoms with Gasteiger partial charge in [-0.1, -0.05) is 23.7 Å². The molecule has 1 aromatic carbocycles. The van der Waals surface area contributed by atoms with E-state index in [9.17, 15) is 9.18 Å². The number of aromatic nitrogens is 2. The van der Waals surface area contributed by atoms with E-state index in [1.165, 1.54) is 19.2 Å². The van der Waals surface area contributed by atoms with Crippen LogP contribution in [0.4, 0.5) is 4.39 Å². The molecule has 0 fully saturated rings. The van der Waals surface area contributed by atoms with E-state index in [2.05, 4.69) is 4.98 Å². The zero-order valence-corrected chi connectivity index (χ0v) is 12.2. The lowest BCUT2D eigenvalue weighted by atomic mass is 10.0. The number of benzene rings is 1. The molecule has 0 spiro atoms. The fraction of sp³-hybridized carbons (Fsp3) is 0.333. The normalized spacial score (nSPS) is 17.4. The average Bonchev–Trinajstić information content (AvgIpc) is 2.84. The Hall–Kier alpha value is -1.88. The van der Waals surface area contributed by atoms with E-state index in [1.54, 1.807) is 16.7 Å². The number of esters is 1. The monoisotopic (exact) mass is 308 g/mol. The molecule has 110 valence electrons. The molecule has 0 amide bonds. The number of carbonyl (C=O) groups excluding carboxylic acids is 1. The van der Waals surface area contributed by atoms with Crippen LogP contribution >= 0.6 is 11.6 Å². The molecule has 0 aliphatic carbocycles. The molecule has 0 radical (unpaired) electrons. The number of imidazole rings is 1. The first kappa shape index (κ1) is 14.1. The molecule has 0 N–H and O–H groups in total. The Morgan fingerprint density at radius 2 is 2.33 bits per heavy atom. The van der Waals surface area contributed by atoms with Crippen molar-refractivity contribution < 1.29 is 13.9 Å². The molecule has 1 atom stereocenters. The number of rotatable bonds is 2. The van der Waals surface area contributed by atoms with Gasteiger partial charge in [-0.3, -0.25) is 0 Å². The minimum Gasteiger partial charge on any atom is -0.467 e. The Morgan fingerprint density at radius 1 is 1.52 bits per heavy atom. The van der Waals surface area contributed by atoms with Crippen LogP contribution in [0, 0.1) is 5.82 Å². The van der Waals surface area contributed by atoms with Crippen LogP contribution in [0.15, 0.2) is 24.3 Å². The topological polar surface area (TPSA) is 44.1 Å². The number of fused-ring (bicyclic) bond motifs is 1. The molecule has 6 heteroatoms. The van der Waals surface area contributed by atoms with Gasteiger partial charge >= 0.3 is 5.97 Å². The van der Waals surface area contributed by atoms with Crippen molar-refractivity contribution in [1.82, 2.24) is 9.55 Å². The van der Waals surface area contributed by atoms with E-state index in [0.29, 0.717) is 23.0 Å². The van der Waals surface area contributed by atoms with Gasteiger partial charge in [-0.15, -0.1) is 0 Å². The smallest absolute Gasteiger partial charge is 0.328 e. The first-order valence-electron chi connectivity index (χ1n) is 6.72. The van der Waals surface area contributed by atoms with Crippen molar-refractivity contribution in [3.8, 4) is 11.4 Å². The summed E-state index contributed by atoms with van der Waals surface area (Å²) in [6, 6.07) is 5.64. The molecular weight excluding hydrogens is 295 g/mol. The van der Waals surface area contributed by atoms with E-state index in [1.807, 2.05) is 0 Å². The van der Waals surface area contributed by atoms with Crippen LogP contribution in [0.2, 0.25) is 5.15 Å². The second-order valence-electron chi connectivity index (χ2n) is 4.98. The molecule has 1 aliphatic heterocycles. The summed E-state index contributed by atoms with van der Waals surface area (Å²) in [7, 11) is 1.36. The fourth-order valence-corrected chi connectivity index (χ4v) is 3.05. The van der Waals surface area contributed by atoms with Crippen LogP contribution in [-0.2, 0) is 16.0 Å². The van der Waals surface area contributed by atoms with Crippen LogP contribution in [0.1, 0.15) is 24.6 Å². The summed E-state index contributed by atoms with van der Waals surface area (Å²) in [5.74, 6) is -0.182. The Kier molecular flexibility index (Phi) is 3.68. The van der Waals surface area contributed by atoms with Gasteiger partial charge in [0.1, 0.15) is 17.7 Å². The van der Waals surface area contributed by atoms with E-state index in [4.69, 9.17) is 16.3 Å². The first-order valence-corrected chi connectivity index (χ1v) is 7.10. The van der Waals surface area contributed by atoms with Gasteiger partial charge < -0.3 is 9.30 Å². The van der Waals surface area contributed by atoms with Gasteiger partial charge in [0.15, 0.2) is 5.15 Å². The van der Waals surface area contributed by atoms with Gasteiger partial charge in [-0.2, -0.15) is 0 Å². The molecule has 2 aromatic rings. The molecule has 2 heterocycles. The fourth-order valence-electron chi connectivity index (χ4n) is 2.78. The van der Waals surface area contributed by atoms with Gasteiger partial charge in [-0.25, -0.2) is 14.2 Å². The highest BCUT2D eigenvalue weighted by Gasteiger charge is 2.32. The lowest BCUT2D eigenvalue weighted by Gasteiger charge is -2.25. The summed E-state index contributed by atoms with van der Waals surface area (Å²) < 4.78 is 20.1. The number of hydrogen-bond donors (Lipinski definition) is 0. The third-order valence-electron chi connectivity index (χ3n) is 3.72. The molecule has 1 aliphatic rings. The van der Waals surface area contributed by atoms with Crippen LogP contribution in [-0.4, -0.2) is 22.6 Å². The van der Waals surface area contributed by atoms with Crippen molar-refractivity contribution in [3.05, 3.63) is 40.9 Å². The lowest BCUT2D eigenvalue weighted by Crippen LogP contribution is -2.26. The third-order valence-corrected chi connectivity index (χ3v) is 4.02. The standard InChI is InChI=1S/C15H14ClFN2O2/c1-21-15(20)12-7-3-6-11-13(16)18-14(19(11)12)9-4-2-5-10(17)8-9/h2,4-5,8,12H,3,6-7H2,1H3. The predicted molar refractivity (Wildman–Crippen MR) is 76.6 cm³/mol. The van der Waals surface area contributed by atoms with Crippen LogP contribution in [0.5, 0.6) is 0 Å². The number of hydrogen-bond acceptors (Lipinski definition) is 3. The summed E-state index contributed by atoms with van der Waals surface area (Å²) in [5, 5.41) is 0.364. The quantitative estimate of drug-likeness (QED) is 0.799. The van der Waals surface area contributed by atoms with Gasteiger partial charge in [0, 0.05) is 5.56 Å². The minimum absolute atomic E-state index is 0.331. The van der Waals surface area contributed by atoms with Gasteiger partial charge in [-0.05, 0) is 31.4 Å². The largest absolute Gasteiger partial charge is 0.467 e. The van der Waals surface area contributed by atoms with Crippen molar-refractivity contribution >= 4 is 17.6 Å². The highest BCUT2D eigenvalue weighted by molar-refractivity contribution is 6.30. The van der Waals surface area contributed by atoms with Crippen molar-refractivity contribution in [2.45, 2.75) is 25.3 Å². The maximum Gasteiger partial charge on any atom is 0.328 e. The van der Waals surface area contributed by atoms with E-state index in [0.717, 1.165) is 18.5 Å². The zero-order chi connectivity index (χ0) is 15.0. The Morgan fingerprint density at radius 3 is 3.05 bits per heavy atom.